The van der Waals surface area contributed by atoms with E-state index >= 15 is 0 Å². The van der Waals surface area contributed by atoms with Crippen molar-refractivity contribution in [2.24, 2.45) is 0 Å². The van der Waals surface area contributed by atoms with Crippen LogP contribution in [-0.4, -0.2) is 9.97 Å². The highest BCUT2D eigenvalue weighted by atomic mass is 35.5. The van der Waals surface area contributed by atoms with Gasteiger partial charge >= 0.3 is 0 Å². The third kappa shape index (κ3) is 2.93. The zero-order valence-corrected chi connectivity index (χ0v) is 11.2. The Balaban J connectivity index is 2.41. The second-order valence-electron chi connectivity index (χ2n) is 4.06. The Hall–Kier alpha value is -1.88. The molecule has 100 valence electrons. The second-order valence-corrected chi connectivity index (χ2v) is 4.46. The number of hydrogen-bond acceptors (Lipinski definition) is 4. The van der Waals surface area contributed by atoms with E-state index in [1.165, 1.54) is 12.4 Å². The second kappa shape index (κ2) is 5.84. The van der Waals surface area contributed by atoms with E-state index < -0.39 is 5.82 Å². The molecule has 0 spiro atoms. The van der Waals surface area contributed by atoms with Gasteiger partial charge in [-0.25, -0.2) is 14.4 Å². The molecule has 6 heteroatoms. The lowest BCUT2D eigenvalue weighted by molar-refractivity contribution is 0.632. The summed E-state index contributed by atoms with van der Waals surface area (Å²) in [6.45, 7) is 2.02. The van der Waals surface area contributed by atoms with Crippen LogP contribution in [-0.2, 0) is 6.42 Å². The van der Waals surface area contributed by atoms with Gasteiger partial charge in [0.05, 0.1) is 10.7 Å². The minimum absolute atomic E-state index is 0.194. The topological polar surface area (TPSA) is 63.8 Å². The first-order valence-electron chi connectivity index (χ1n) is 5.93. The van der Waals surface area contributed by atoms with Crippen molar-refractivity contribution < 1.29 is 4.39 Å². The fourth-order valence-corrected chi connectivity index (χ4v) is 1.98. The highest BCUT2D eigenvalue weighted by molar-refractivity contribution is 6.33. The monoisotopic (exact) mass is 280 g/mol. The van der Waals surface area contributed by atoms with Crippen molar-refractivity contribution in [3.8, 4) is 0 Å². The quantitative estimate of drug-likeness (QED) is 0.899. The van der Waals surface area contributed by atoms with Crippen LogP contribution in [0.1, 0.15) is 18.9 Å². The largest absolute Gasteiger partial charge is 0.383 e. The average Bonchev–Trinajstić information content (AvgIpc) is 2.38. The van der Waals surface area contributed by atoms with E-state index in [0.717, 1.165) is 12.0 Å². The molecule has 0 bridgehead atoms. The van der Waals surface area contributed by atoms with Crippen LogP contribution >= 0.6 is 11.6 Å². The molecule has 1 aromatic carbocycles. The van der Waals surface area contributed by atoms with E-state index in [0.29, 0.717) is 23.1 Å². The van der Waals surface area contributed by atoms with Crippen LogP contribution in [0.4, 0.5) is 21.7 Å². The summed E-state index contributed by atoms with van der Waals surface area (Å²) in [7, 11) is 0. The Morgan fingerprint density at radius 1 is 1.37 bits per heavy atom. The summed E-state index contributed by atoms with van der Waals surface area (Å²) < 4.78 is 13.7. The van der Waals surface area contributed by atoms with E-state index in [1.54, 1.807) is 12.1 Å². The lowest BCUT2D eigenvalue weighted by atomic mass is 10.1. The van der Waals surface area contributed by atoms with E-state index in [1.807, 2.05) is 6.92 Å². The molecule has 2 rings (SSSR count). The third-order valence-electron chi connectivity index (χ3n) is 2.68. The molecular weight excluding hydrogens is 267 g/mol. The Morgan fingerprint density at radius 3 is 2.84 bits per heavy atom. The van der Waals surface area contributed by atoms with E-state index in [2.05, 4.69) is 15.3 Å². The number of anilines is 3. The molecule has 0 saturated heterocycles. The van der Waals surface area contributed by atoms with Gasteiger partial charge in [-0.2, -0.15) is 0 Å². The number of rotatable bonds is 4. The van der Waals surface area contributed by atoms with Gasteiger partial charge in [-0.15, -0.1) is 0 Å². The molecule has 1 heterocycles. The van der Waals surface area contributed by atoms with Gasteiger partial charge in [0.25, 0.3) is 0 Å². The van der Waals surface area contributed by atoms with Crippen LogP contribution in [0.5, 0.6) is 0 Å². The van der Waals surface area contributed by atoms with Crippen molar-refractivity contribution in [1.82, 2.24) is 9.97 Å². The highest BCUT2D eigenvalue weighted by Gasteiger charge is 2.12. The van der Waals surface area contributed by atoms with Gasteiger partial charge in [-0.3, -0.25) is 0 Å². The van der Waals surface area contributed by atoms with Crippen LogP contribution in [0.3, 0.4) is 0 Å². The van der Waals surface area contributed by atoms with Crippen molar-refractivity contribution in [1.29, 1.82) is 0 Å². The molecule has 0 atom stereocenters. The lowest BCUT2D eigenvalue weighted by Gasteiger charge is -2.13. The summed E-state index contributed by atoms with van der Waals surface area (Å²) in [4.78, 5) is 8.05. The molecule has 0 saturated carbocycles. The van der Waals surface area contributed by atoms with Crippen molar-refractivity contribution in [2.75, 3.05) is 11.1 Å². The van der Waals surface area contributed by atoms with Gasteiger partial charge in [0.2, 0.25) is 0 Å². The standard InChI is InChI=1S/C13H14ClFN4/c1-2-4-8-12(16)17-7-18-13(8)19-11-9(14)5-3-6-10(11)15/h3,5-7H,2,4H2,1H3,(H3,16,17,18,19). The number of nitrogen functional groups attached to an aromatic ring is 1. The maximum atomic E-state index is 13.7. The number of halogens is 2. The van der Waals surface area contributed by atoms with Gasteiger partial charge in [-0.05, 0) is 18.6 Å². The summed E-state index contributed by atoms with van der Waals surface area (Å²) >= 11 is 5.97. The predicted molar refractivity (Wildman–Crippen MR) is 75.1 cm³/mol. The molecule has 19 heavy (non-hydrogen) atoms. The van der Waals surface area contributed by atoms with Crippen LogP contribution in [0.25, 0.3) is 0 Å². The molecule has 3 N–H and O–H groups in total. The van der Waals surface area contributed by atoms with Crippen molar-refractivity contribution >= 4 is 28.9 Å². The summed E-state index contributed by atoms with van der Waals surface area (Å²) in [5.41, 5.74) is 6.78. The minimum Gasteiger partial charge on any atom is -0.383 e. The van der Waals surface area contributed by atoms with Crippen molar-refractivity contribution in [3.63, 3.8) is 0 Å². The number of nitrogens with two attached hydrogens (primary N) is 1. The summed E-state index contributed by atoms with van der Waals surface area (Å²) in [5.74, 6) is 0.445. The van der Waals surface area contributed by atoms with Crippen molar-refractivity contribution in [3.05, 3.63) is 40.9 Å². The van der Waals surface area contributed by atoms with Crippen LogP contribution in [0.15, 0.2) is 24.5 Å². The average molecular weight is 281 g/mol. The maximum absolute atomic E-state index is 13.7. The van der Waals surface area contributed by atoms with Gasteiger partial charge < -0.3 is 11.1 Å². The van der Waals surface area contributed by atoms with E-state index in [9.17, 15) is 4.39 Å². The Morgan fingerprint density at radius 2 is 2.16 bits per heavy atom. The molecule has 0 aliphatic carbocycles. The molecule has 0 aliphatic rings. The number of benzene rings is 1. The van der Waals surface area contributed by atoms with Gasteiger partial charge in [0.1, 0.15) is 23.8 Å². The zero-order chi connectivity index (χ0) is 13.8. The first-order valence-corrected chi connectivity index (χ1v) is 6.31. The number of nitrogens with zero attached hydrogens (tertiary/aromatic N) is 2. The Bertz CT molecular complexity index is 569. The van der Waals surface area contributed by atoms with Gasteiger partial charge in [0.15, 0.2) is 0 Å². The molecule has 0 amide bonds. The third-order valence-corrected chi connectivity index (χ3v) is 3.00. The Labute approximate surface area is 115 Å². The number of para-hydroxylation sites is 1. The molecule has 4 nitrogen and oxygen atoms in total. The summed E-state index contributed by atoms with van der Waals surface area (Å²) in [5, 5.41) is 3.19. The summed E-state index contributed by atoms with van der Waals surface area (Å²) in [6, 6.07) is 4.49. The molecule has 0 fully saturated rings. The predicted octanol–water partition coefficient (Wildman–Crippen LogP) is 3.55. The van der Waals surface area contributed by atoms with Crippen LogP contribution in [0, 0.1) is 5.82 Å². The molecular formula is C13H14ClFN4. The molecule has 0 radical (unpaired) electrons. The normalized spacial score (nSPS) is 10.5. The highest BCUT2D eigenvalue weighted by Crippen LogP contribution is 2.30. The minimum atomic E-state index is -0.438. The zero-order valence-electron chi connectivity index (χ0n) is 10.5. The van der Waals surface area contributed by atoms with Crippen LogP contribution in [0.2, 0.25) is 5.02 Å². The van der Waals surface area contributed by atoms with Gasteiger partial charge in [-0.1, -0.05) is 31.0 Å². The fourth-order valence-electron chi connectivity index (χ4n) is 1.77. The Kier molecular flexibility index (Phi) is 4.16. The van der Waals surface area contributed by atoms with E-state index in [-0.39, 0.29) is 5.69 Å². The molecule has 0 unspecified atom stereocenters. The number of nitrogens with one attached hydrogen (secondary N) is 1. The van der Waals surface area contributed by atoms with Gasteiger partial charge in [0, 0.05) is 5.56 Å². The molecule has 0 aliphatic heterocycles. The lowest BCUT2D eigenvalue weighted by Crippen LogP contribution is -2.06. The smallest absolute Gasteiger partial charge is 0.148 e. The van der Waals surface area contributed by atoms with Crippen molar-refractivity contribution in [2.45, 2.75) is 19.8 Å². The number of hydrogen-bond donors (Lipinski definition) is 2. The number of aromatic nitrogens is 2. The molecule has 1 aromatic heterocycles. The van der Waals surface area contributed by atoms with Crippen LogP contribution < -0.4 is 11.1 Å². The van der Waals surface area contributed by atoms with E-state index in [4.69, 9.17) is 17.3 Å². The fraction of sp³-hybridized carbons (Fsp3) is 0.231. The SMILES string of the molecule is CCCc1c(N)ncnc1Nc1c(F)cccc1Cl. The summed E-state index contributed by atoms with van der Waals surface area (Å²) in [6.07, 6.45) is 2.93. The first-order chi connectivity index (χ1) is 9.13. The molecule has 2 aromatic rings. The maximum Gasteiger partial charge on any atom is 0.148 e. The first kappa shape index (κ1) is 13.5.